The first kappa shape index (κ1) is 21.2. The van der Waals surface area contributed by atoms with Gasteiger partial charge in [-0.05, 0) is 42.8 Å². The van der Waals surface area contributed by atoms with E-state index in [1.165, 1.54) is 12.1 Å². The van der Waals surface area contributed by atoms with E-state index in [1.807, 2.05) is 23.1 Å². The Morgan fingerprint density at radius 2 is 1.97 bits per heavy atom. The van der Waals surface area contributed by atoms with Crippen LogP contribution in [-0.2, 0) is 11.4 Å². The number of hydrogen-bond acceptors (Lipinski definition) is 4. The Hall–Kier alpha value is -3.06. The van der Waals surface area contributed by atoms with Crippen LogP contribution < -0.4 is 9.47 Å². The monoisotopic (exact) mass is 443 g/mol. The van der Waals surface area contributed by atoms with Gasteiger partial charge in [0.2, 0.25) is 5.91 Å². The van der Waals surface area contributed by atoms with Crippen LogP contribution in [0.5, 0.6) is 11.5 Å². The molecule has 1 aliphatic rings. The van der Waals surface area contributed by atoms with Gasteiger partial charge in [0.25, 0.3) is 0 Å². The van der Waals surface area contributed by atoms with Crippen LogP contribution in [0.25, 0.3) is 0 Å². The van der Waals surface area contributed by atoms with Gasteiger partial charge in [0.05, 0.1) is 24.4 Å². The minimum absolute atomic E-state index is 0.0268. The van der Waals surface area contributed by atoms with E-state index >= 15 is 0 Å². The summed E-state index contributed by atoms with van der Waals surface area (Å²) >= 11 is 5.97. The Morgan fingerprint density at radius 3 is 2.77 bits per heavy atom. The zero-order valence-electron chi connectivity index (χ0n) is 16.9. The van der Waals surface area contributed by atoms with Crippen LogP contribution in [0, 0.1) is 5.82 Å². The molecular formula is C23H23ClFN3O3. The topological polar surface area (TPSA) is 67.4 Å². The number of carbonyl (C=O) groups excluding carboxylic acids is 1. The molecule has 1 N–H and O–H groups in total. The lowest BCUT2D eigenvalue weighted by Crippen LogP contribution is -2.29. The quantitative estimate of drug-likeness (QED) is 0.554. The molecule has 1 saturated heterocycles. The van der Waals surface area contributed by atoms with Crippen LogP contribution in [0.4, 0.5) is 4.39 Å². The normalized spacial score (nSPS) is 15.8. The van der Waals surface area contributed by atoms with E-state index in [0.29, 0.717) is 36.2 Å². The average molecular weight is 444 g/mol. The molecule has 0 saturated carbocycles. The number of halogens is 2. The number of rotatable bonds is 8. The van der Waals surface area contributed by atoms with Gasteiger partial charge in [-0.1, -0.05) is 23.7 Å². The molecular weight excluding hydrogens is 421 g/mol. The van der Waals surface area contributed by atoms with Crippen molar-refractivity contribution in [3.8, 4) is 11.5 Å². The molecule has 0 radical (unpaired) electrons. The maximum Gasteiger partial charge on any atom is 0.226 e. The number of carbonyl (C=O) groups is 1. The zero-order valence-corrected chi connectivity index (χ0v) is 17.6. The molecule has 0 aliphatic carbocycles. The molecule has 2 heterocycles. The van der Waals surface area contributed by atoms with E-state index in [-0.39, 0.29) is 30.7 Å². The Labute approximate surface area is 184 Å². The molecule has 2 aromatic carbocycles. The summed E-state index contributed by atoms with van der Waals surface area (Å²) in [6.07, 6.45) is 1.11. The molecule has 1 amide bonds. The van der Waals surface area contributed by atoms with Gasteiger partial charge in [0.15, 0.2) is 0 Å². The fourth-order valence-electron chi connectivity index (χ4n) is 3.58. The van der Waals surface area contributed by atoms with E-state index in [0.717, 1.165) is 17.8 Å². The fourth-order valence-corrected chi connectivity index (χ4v) is 3.76. The molecule has 31 heavy (non-hydrogen) atoms. The SMILES string of the molecule is O=C(CCOc1cccc(F)c1)N1CC[C@H](c2cc(COc3cccc(Cl)c3)[nH]n2)C1. The van der Waals surface area contributed by atoms with Gasteiger partial charge in [-0.15, -0.1) is 0 Å². The predicted molar refractivity (Wildman–Crippen MR) is 115 cm³/mol. The van der Waals surface area contributed by atoms with Crippen molar-refractivity contribution in [2.75, 3.05) is 19.7 Å². The van der Waals surface area contributed by atoms with Crippen molar-refractivity contribution in [2.45, 2.75) is 25.4 Å². The number of nitrogens with zero attached hydrogens (tertiary/aromatic N) is 2. The van der Waals surface area contributed by atoms with Crippen LogP contribution in [0.15, 0.2) is 54.6 Å². The Kier molecular flexibility index (Phi) is 6.72. The highest BCUT2D eigenvalue weighted by atomic mass is 35.5. The molecule has 1 fully saturated rings. The summed E-state index contributed by atoms with van der Waals surface area (Å²) in [7, 11) is 0. The number of H-pyrrole nitrogens is 1. The van der Waals surface area contributed by atoms with Crippen LogP contribution >= 0.6 is 11.6 Å². The highest BCUT2D eigenvalue weighted by Gasteiger charge is 2.28. The molecule has 0 bridgehead atoms. The number of aromatic amines is 1. The molecule has 0 unspecified atom stereocenters. The molecule has 0 spiro atoms. The van der Waals surface area contributed by atoms with Crippen molar-refractivity contribution >= 4 is 17.5 Å². The van der Waals surface area contributed by atoms with Crippen molar-refractivity contribution in [3.05, 3.63) is 76.8 Å². The summed E-state index contributed by atoms with van der Waals surface area (Å²) in [6.45, 7) is 1.89. The highest BCUT2D eigenvalue weighted by molar-refractivity contribution is 6.30. The fraction of sp³-hybridized carbons (Fsp3) is 0.304. The first-order valence-corrected chi connectivity index (χ1v) is 10.5. The van der Waals surface area contributed by atoms with Crippen LogP contribution in [0.2, 0.25) is 5.02 Å². The minimum Gasteiger partial charge on any atom is -0.493 e. The third-order valence-electron chi connectivity index (χ3n) is 5.18. The molecule has 1 atom stereocenters. The van der Waals surface area contributed by atoms with Gasteiger partial charge in [0, 0.05) is 30.1 Å². The lowest BCUT2D eigenvalue weighted by Gasteiger charge is -2.16. The van der Waals surface area contributed by atoms with Crippen LogP contribution in [-0.4, -0.2) is 40.7 Å². The molecule has 8 heteroatoms. The van der Waals surface area contributed by atoms with Crippen LogP contribution in [0.3, 0.4) is 0 Å². The summed E-state index contributed by atoms with van der Waals surface area (Å²) in [5, 5.41) is 8.03. The number of likely N-dealkylation sites (tertiary alicyclic amines) is 1. The van der Waals surface area contributed by atoms with Gasteiger partial charge in [-0.2, -0.15) is 5.10 Å². The van der Waals surface area contributed by atoms with E-state index in [2.05, 4.69) is 10.2 Å². The van der Waals surface area contributed by atoms with Gasteiger partial charge < -0.3 is 14.4 Å². The van der Waals surface area contributed by atoms with Crippen molar-refractivity contribution in [1.82, 2.24) is 15.1 Å². The molecule has 1 aliphatic heterocycles. The number of amides is 1. The summed E-state index contributed by atoms with van der Waals surface area (Å²) < 4.78 is 24.4. The van der Waals surface area contributed by atoms with Gasteiger partial charge in [-0.3, -0.25) is 9.89 Å². The number of nitrogens with one attached hydrogen (secondary N) is 1. The van der Waals surface area contributed by atoms with Crippen molar-refractivity contribution < 1.29 is 18.7 Å². The zero-order chi connectivity index (χ0) is 21.6. The molecule has 3 aromatic rings. The van der Waals surface area contributed by atoms with Gasteiger partial charge in [0.1, 0.15) is 23.9 Å². The van der Waals surface area contributed by atoms with E-state index < -0.39 is 0 Å². The summed E-state index contributed by atoms with van der Waals surface area (Å²) in [4.78, 5) is 14.3. The second-order valence-electron chi connectivity index (χ2n) is 7.45. The summed E-state index contributed by atoms with van der Waals surface area (Å²) in [5.74, 6) is 0.976. The van der Waals surface area contributed by atoms with Gasteiger partial charge in [-0.25, -0.2) is 4.39 Å². The maximum absolute atomic E-state index is 13.2. The lowest BCUT2D eigenvalue weighted by atomic mass is 10.1. The average Bonchev–Trinajstić information content (AvgIpc) is 3.42. The number of ether oxygens (including phenoxy) is 2. The van der Waals surface area contributed by atoms with Crippen molar-refractivity contribution in [2.24, 2.45) is 0 Å². The van der Waals surface area contributed by atoms with Crippen LogP contribution in [0.1, 0.15) is 30.1 Å². The lowest BCUT2D eigenvalue weighted by molar-refractivity contribution is -0.130. The predicted octanol–water partition coefficient (Wildman–Crippen LogP) is 4.57. The Bertz CT molecular complexity index is 1040. The van der Waals surface area contributed by atoms with Crippen molar-refractivity contribution in [3.63, 3.8) is 0 Å². The highest BCUT2D eigenvalue weighted by Crippen LogP contribution is 2.27. The second-order valence-corrected chi connectivity index (χ2v) is 7.88. The van der Waals surface area contributed by atoms with E-state index in [1.54, 1.807) is 24.3 Å². The number of aromatic nitrogens is 2. The third kappa shape index (κ3) is 5.76. The Balaban J connectivity index is 1.23. The molecule has 4 rings (SSSR count). The first-order valence-electron chi connectivity index (χ1n) is 10.2. The summed E-state index contributed by atoms with van der Waals surface area (Å²) in [5.41, 5.74) is 1.79. The van der Waals surface area contributed by atoms with Crippen molar-refractivity contribution in [1.29, 1.82) is 0 Å². The van der Waals surface area contributed by atoms with E-state index in [4.69, 9.17) is 21.1 Å². The minimum atomic E-state index is -0.359. The molecule has 6 nitrogen and oxygen atoms in total. The third-order valence-corrected chi connectivity index (χ3v) is 5.42. The van der Waals surface area contributed by atoms with Gasteiger partial charge >= 0.3 is 0 Å². The number of hydrogen-bond donors (Lipinski definition) is 1. The second kappa shape index (κ2) is 9.83. The smallest absolute Gasteiger partial charge is 0.226 e. The standard InChI is InChI=1S/C23H23ClFN3O3/c24-17-3-1-5-20(11-17)31-15-19-13-22(27-26-19)16-7-9-28(14-16)23(29)8-10-30-21-6-2-4-18(25)12-21/h1-6,11-13,16H,7-10,14-15H2,(H,26,27)/t16-/m0/s1. The first-order chi connectivity index (χ1) is 15.1. The molecule has 162 valence electrons. The molecule has 1 aromatic heterocycles. The van der Waals surface area contributed by atoms with E-state index in [9.17, 15) is 9.18 Å². The number of benzene rings is 2. The Morgan fingerprint density at radius 1 is 1.16 bits per heavy atom. The summed E-state index contributed by atoms with van der Waals surface area (Å²) in [6, 6.07) is 15.1. The maximum atomic E-state index is 13.2. The largest absolute Gasteiger partial charge is 0.493 e.